The van der Waals surface area contributed by atoms with Crippen molar-refractivity contribution in [2.24, 2.45) is 0 Å². The predicted molar refractivity (Wildman–Crippen MR) is 115 cm³/mol. The molecular formula is C23H29N3O. The summed E-state index contributed by atoms with van der Waals surface area (Å²) in [6, 6.07) is 14.4. The van der Waals surface area contributed by atoms with Crippen molar-refractivity contribution in [2.45, 2.75) is 32.7 Å². The van der Waals surface area contributed by atoms with Crippen LogP contribution in [0.5, 0.6) is 0 Å². The fourth-order valence-electron chi connectivity index (χ4n) is 3.14. The number of nitrogens with zero attached hydrogens (tertiary/aromatic N) is 2. The van der Waals surface area contributed by atoms with E-state index in [1.807, 2.05) is 43.5 Å². The molecule has 142 valence electrons. The lowest BCUT2D eigenvalue weighted by Gasteiger charge is -2.34. The Bertz CT molecular complexity index is 768. The van der Waals surface area contributed by atoms with Crippen LogP contribution in [0, 0.1) is 0 Å². The summed E-state index contributed by atoms with van der Waals surface area (Å²) in [4.78, 5) is 6.97. The first-order chi connectivity index (χ1) is 13.2. The number of aliphatic hydroxyl groups excluding tert-OH is 1. The zero-order valence-corrected chi connectivity index (χ0v) is 16.2. The molecule has 0 amide bonds. The summed E-state index contributed by atoms with van der Waals surface area (Å²) in [5.41, 5.74) is 4.13. The number of rotatable bonds is 10. The SMILES string of the molecule is C=C(C)N(c1ccccc1)C(CC/C=C/C=C\O)c1ncccc1NCC. The maximum atomic E-state index is 8.79. The van der Waals surface area contributed by atoms with E-state index in [1.165, 1.54) is 0 Å². The molecule has 1 unspecified atom stereocenters. The molecule has 27 heavy (non-hydrogen) atoms. The van der Waals surface area contributed by atoms with E-state index in [1.54, 1.807) is 6.08 Å². The highest BCUT2D eigenvalue weighted by molar-refractivity contribution is 5.57. The Morgan fingerprint density at radius 1 is 1.22 bits per heavy atom. The molecule has 0 saturated carbocycles. The summed E-state index contributed by atoms with van der Waals surface area (Å²) in [5, 5.41) is 12.2. The maximum Gasteiger partial charge on any atom is 0.0863 e. The van der Waals surface area contributed by atoms with E-state index in [0.717, 1.165) is 48.4 Å². The Kier molecular flexibility index (Phi) is 8.17. The summed E-state index contributed by atoms with van der Waals surface area (Å²) < 4.78 is 0. The van der Waals surface area contributed by atoms with Crippen molar-refractivity contribution in [3.05, 3.63) is 91.1 Å². The van der Waals surface area contributed by atoms with Gasteiger partial charge in [0.2, 0.25) is 0 Å². The molecule has 0 saturated heterocycles. The number of hydrogen-bond donors (Lipinski definition) is 2. The third-order valence-corrected chi connectivity index (χ3v) is 4.22. The number of benzene rings is 1. The highest BCUT2D eigenvalue weighted by Gasteiger charge is 2.24. The number of aromatic nitrogens is 1. The molecule has 0 bridgehead atoms. The van der Waals surface area contributed by atoms with Gasteiger partial charge in [-0.25, -0.2) is 0 Å². The monoisotopic (exact) mass is 363 g/mol. The lowest BCUT2D eigenvalue weighted by atomic mass is 10.0. The van der Waals surface area contributed by atoms with Crippen LogP contribution >= 0.6 is 0 Å². The Morgan fingerprint density at radius 2 is 2.00 bits per heavy atom. The van der Waals surface area contributed by atoms with Gasteiger partial charge in [0, 0.05) is 24.1 Å². The fourth-order valence-corrected chi connectivity index (χ4v) is 3.14. The molecule has 2 N–H and O–H groups in total. The molecule has 4 heteroatoms. The van der Waals surface area contributed by atoms with Crippen molar-refractivity contribution in [2.75, 3.05) is 16.8 Å². The summed E-state index contributed by atoms with van der Waals surface area (Å²) in [6.07, 6.45) is 10.1. The third kappa shape index (κ3) is 5.74. The van der Waals surface area contributed by atoms with Gasteiger partial charge in [0.25, 0.3) is 0 Å². The molecule has 0 spiro atoms. The first kappa shape index (κ1) is 20.3. The van der Waals surface area contributed by atoms with Gasteiger partial charge in [-0.3, -0.25) is 4.98 Å². The van der Waals surface area contributed by atoms with Crippen LogP contribution in [0.25, 0.3) is 0 Å². The molecule has 0 radical (unpaired) electrons. The van der Waals surface area contributed by atoms with Gasteiger partial charge in [-0.15, -0.1) is 0 Å². The molecule has 1 heterocycles. The number of nitrogens with one attached hydrogen (secondary N) is 1. The highest BCUT2D eigenvalue weighted by Crippen LogP contribution is 2.35. The number of pyridine rings is 1. The Balaban J connectivity index is 2.43. The number of hydrogen-bond acceptors (Lipinski definition) is 4. The van der Waals surface area contributed by atoms with Crippen LogP contribution in [0.4, 0.5) is 11.4 Å². The average molecular weight is 364 g/mol. The summed E-state index contributed by atoms with van der Waals surface area (Å²) in [6.45, 7) is 9.18. The summed E-state index contributed by atoms with van der Waals surface area (Å²) in [7, 11) is 0. The average Bonchev–Trinajstić information content (AvgIpc) is 2.68. The summed E-state index contributed by atoms with van der Waals surface area (Å²) >= 11 is 0. The van der Waals surface area contributed by atoms with E-state index in [2.05, 4.69) is 48.0 Å². The quantitative estimate of drug-likeness (QED) is 0.401. The van der Waals surface area contributed by atoms with E-state index in [4.69, 9.17) is 10.1 Å². The summed E-state index contributed by atoms with van der Waals surface area (Å²) in [5.74, 6) is 0. The van der Waals surface area contributed by atoms with E-state index >= 15 is 0 Å². The fraction of sp³-hybridized carbons (Fsp3) is 0.261. The number of para-hydroxylation sites is 1. The van der Waals surface area contributed by atoms with Gasteiger partial charge in [0.05, 0.1) is 23.7 Å². The second-order valence-corrected chi connectivity index (χ2v) is 6.27. The van der Waals surface area contributed by atoms with E-state index in [9.17, 15) is 0 Å². The lowest BCUT2D eigenvalue weighted by Crippen LogP contribution is -2.28. The first-order valence-electron chi connectivity index (χ1n) is 9.33. The second-order valence-electron chi connectivity index (χ2n) is 6.27. The second kappa shape index (κ2) is 10.9. The minimum absolute atomic E-state index is 0.0444. The molecule has 0 aliphatic heterocycles. The van der Waals surface area contributed by atoms with Crippen LogP contribution < -0.4 is 10.2 Å². The van der Waals surface area contributed by atoms with Gasteiger partial charge in [-0.1, -0.05) is 36.9 Å². The molecular weight excluding hydrogens is 334 g/mol. The zero-order chi connectivity index (χ0) is 19.5. The Morgan fingerprint density at radius 3 is 2.67 bits per heavy atom. The predicted octanol–water partition coefficient (Wildman–Crippen LogP) is 6.00. The standard InChI is InChI=1S/C23H29N3O/c1-4-24-21-15-12-17-25-23(21)22(16-10-5-6-11-18-27)26(19(2)3)20-13-8-7-9-14-20/h5-9,11-15,17-18,22,24,27H,2,4,10,16H2,1,3H3/b6-5+,18-11-. The highest BCUT2D eigenvalue weighted by atomic mass is 16.2. The molecule has 1 aromatic carbocycles. The van der Waals surface area contributed by atoms with Crippen molar-refractivity contribution in [3.63, 3.8) is 0 Å². The topological polar surface area (TPSA) is 48.4 Å². The number of anilines is 2. The van der Waals surface area contributed by atoms with Gasteiger partial charge >= 0.3 is 0 Å². The van der Waals surface area contributed by atoms with Crippen molar-refractivity contribution in [1.82, 2.24) is 4.98 Å². The van der Waals surface area contributed by atoms with Gasteiger partial charge in [-0.05, 0) is 57.0 Å². The van der Waals surface area contributed by atoms with Crippen LogP contribution in [0.1, 0.15) is 38.4 Å². The van der Waals surface area contributed by atoms with Gasteiger partial charge < -0.3 is 15.3 Å². The number of aliphatic hydroxyl groups is 1. The molecule has 1 aromatic heterocycles. The van der Waals surface area contributed by atoms with Gasteiger partial charge in [-0.2, -0.15) is 0 Å². The lowest BCUT2D eigenvalue weighted by molar-refractivity contribution is 0.473. The Hall–Kier alpha value is -3.01. The van der Waals surface area contributed by atoms with Crippen LogP contribution in [0.2, 0.25) is 0 Å². The molecule has 1 atom stereocenters. The minimum Gasteiger partial charge on any atom is -0.516 e. The first-order valence-corrected chi connectivity index (χ1v) is 9.33. The molecule has 0 aliphatic rings. The maximum absolute atomic E-state index is 8.79. The van der Waals surface area contributed by atoms with Crippen LogP contribution in [0.15, 0.2) is 85.4 Å². The van der Waals surface area contributed by atoms with Crippen LogP contribution in [0.3, 0.4) is 0 Å². The number of allylic oxidation sites excluding steroid dienone is 4. The van der Waals surface area contributed by atoms with E-state index in [-0.39, 0.29) is 6.04 Å². The normalized spacial score (nSPS) is 12.4. The van der Waals surface area contributed by atoms with Crippen LogP contribution in [-0.4, -0.2) is 16.6 Å². The molecule has 2 rings (SSSR count). The van der Waals surface area contributed by atoms with Crippen molar-refractivity contribution >= 4 is 11.4 Å². The van der Waals surface area contributed by atoms with Gasteiger partial charge in [0.15, 0.2) is 0 Å². The van der Waals surface area contributed by atoms with Crippen molar-refractivity contribution in [3.8, 4) is 0 Å². The third-order valence-electron chi connectivity index (χ3n) is 4.22. The Labute approximate surface area is 162 Å². The molecule has 0 fully saturated rings. The zero-order valence-electron chi connectivity index (χ0n) is 16.2. The molecule has 4 nitrogen and oxygen atoms in total. The van der Waals surface area contributed by atoms with E-state index < -0.39 is 0 Å². The van der Waals surface area contributed by atoms with Gasteiger partial charge in [0.1, 0.15) is 0 Å². The van der Waals surface area contributed by atoms with Crippen molar-refractivity contribution < 1.29 is 5.11 Å². The minimum atomic E-state index is 0.0444. The van der Waals surface area contributed by atoms with E-state index in [0.29, 0.717) is 0 Å². The molecule has 0 aliphatic carbocycles. The molecule has 2 aromatic rings. The van der Waals surface area contributed by atoms with Crippen LogP contribution in [-0.2, 0) is 0 Å². The smallest absolute Gasteiger partial charge is 0.0863 e. The largest absolute Gasteiger partial charge is 0.516 e. The van der Waals surface area contributed by atoms with Crippen molar-refractivity contribution in [1.29, 1.82) is 0 Å².